The van der Waals surface area contributed by atoms with Gasteiger partial charge in [0.2, 0.25) is 0 Å². The summed E-state index contributed by atoms with van der Waals surface area (Å²) in [5.74, 6) is 1.39. The summed E-state index contributed by atoms with van der Waals surface area (Å²) in [7, 11) is 0. The lowest BCUT2D eigenvalue weighted by molar-refractivity contribution is 0.185. The molecule has 1 aliphatic heterocycles. The normalized spacial score (nSPS) is 25.4. The molecule has 2 unspecified atom stereocenters. The highest BCUT2D eigenvalue weighted by atomic mass is 35.5. The van der Waals surface area contributed by atoms with Gasteiger partial charge in [0.15, 0.2) is 0 Å². The lowest BCUT2D eigenvalue weighted by atomic mass is 10.0. The molecule has 0 amide bonds. The standard InChI is InChI=1S/C10H20ClNO/c1-8(2)10(3-5-11)12-9-4-6-13-7-9/h8-10,12H,3-7H2,1-2H3. The molecule has 0 aromatic heterocycles. The van der Waals surface area contributed by atoms with Crippen molar-refractivity contribution in [3.8, 4) is 0 Å². The van der Waals surface area contributed by atoms with Crippen LogP contribution in [0.3, 0.4) is 0 Å². The highest BCUT2D eigenvalue weighted by molar-refractivity contribution is 6.17. The Kier molecular flexibility index (Phi) is 5.07. The summed E-state index contributed by atoms with van der Waals surface area (Å²) in [5, 5.41) is 3.61. The average molecular weight is 206 g/mol. The van der Waals surface area contributed by atoms with Crippen LogP contribution in [0.2, 0.25) is 0 Å². The average Bonchev–Trinajstić information content (AvgIpc) is 2.56. The highest BCUT2D eigenvalue weighted by Crippen LogP contribution is 2.11. The molecule has 0 saturated carbocycles. The summed E-state index contributed by atoms with van der Waals surface area (Å²) in [6.45, 7) is 6.24. The van der Waals surface area contributed by atoms with Crippen molar-refractivity contribution in [3.05, 3.63) is 0 Å². The van der Waals surface area contributed by atoms with Gasteiger partial charge < -0.3 is 10.1 Å². The largest absolute Gasteiger partial charge is 0.380 e. The summed E-state index contributed by atoms with van der Waals surface area (Å²) in [4.78, 5) is 0. The third kappa shape index (κ3) is 3.84. The molecule has 0 bridgehead atoms. The van der Waals surface area contributed by atoms with E-state index < -0.39 is 0 Å². The fourth-order valence-corrected chi connectivity index (χ4v) is 1.93. The molecule has 1 fully saturated rings. The molecule has 1 saturated heterocycles. The van der Waals surface area contributed by atoms with Gasteiger partial charge in [-0.3, -0.25) is 0 Å². The molecule has 13 heavy (non-hydrogen) atoms. The SMILES string of the molecule is CC(C)C(CCCl)NC1CCOC1. The fourth-order valence-electron chi connectivity index (χ4n) is 1.70. The first kappa shape index (κ1) is 11.3. The Morgan fingerprint density at radius 1 is 1.54 bits per heavy atom. The molecule has 2 nitrogen and oxygen atoms in total. The number of hydrogen-bond acceptors (Lipinski definition) is 2. The molecule has 2 atom stereocenters. The first-order valence-corrected chi connectivity index (χ1v) is 5.67. The Hall–Kier alpha value is 0.210. The minimum absolute atomic E-state index is 0.546. The van der Waals surface area contributed by atoms with E-state index in [9.17, 15) is 0 Å². The van der Waals surface area contributed by atoms with Gasteiger partial charge in [-0.1, -0.05) is 13.8 Å². The number of halogens is 1. The minimum Gasteiger partial charge on any atom is -0.380 e. The number of rotatable bonds is 5. The summed E-state index contributed by atoms with van der Waals surface area (Å²) < 4.78 is 5.32. The van der Waals surface area contributed by atoms with Crippen LogP contribution in [0.15, 0.2) is 0 Å². The molecule has 0 aromatic rings. The molecular formula is C10H20ClNO. The van der Waals surface area contributed by atoms with Gasteiger partial charge in [0.25, 0.3) is 0 Å². The van der Waals surface area contributed by atoms with Gasteiger partial charge in [-0.05, 0) is 18.8 Å². The topological polar surface area (TPSA) is 21.3 Å². The van der Waals surface area contributed by atoms with Crippen molar-refractivity contribution in [2.24, 2.45) is 5.92 Å². The molecule has 0 radical (unpaired) electrons. The molecule has 0 aromatic carbocycles. The van der Waals surface area contributed by atoms with Crippen molar-refractivity contribution in [2.45, 2.75) is 38.8 Å². The van der Waals surface area contributed by atoms with Crippen LogP contribution in [0.25, 0.3) is 0 Å². The molecule has 0 spiro atoms. The minimum atomic E-state index is 0.546. The Bertz CT molecular complexity index is 135. The van der Waals surface area contributed by atoms with Crippen molar-refractivity contribution in [1.29, 1.82) is 0 Å². The van der Waals surface area contributed by atoms with Crippen LogP contribution in [0.4, 0.5) is 0 Å². The van der Waals surface area contributed by atoms with Crippen LogP contribution < -0.4 is 5.32 Å². The second-order valence-corrected chi connectivity index (χ2v) is 4.43. The van der Waals surface area contributed by atoms with E-state index in [0.717, 1.165) is 31.9 Å². The smallest absolute Gasteiger partial charge is 0.0620 e. The summed E-state index contributed by atoms with van der Waals surface area (Å²) >= 11 is 5.75. The summed E-state index contributed by atoms with van der Waals surface area (Å²) in [6, 6.07) is 1.10. The van der Waals surface area contributed by atoms with Gasteiger partial charge in [0.05, 0.1) is 6.61 Å². The Morgan fingerprint density at radius 2 is 2.31 bits per heavy atom. The van der Waals surface area contributed by atoms with Gasteiger partial charge in [0.1, 0.15) is 0 Å². The van der Waals surface area contributed by atoms with Gasteiger partial charge >= 0.3 is 0 Å². The van der Waals surface area contributed by atoms with Gasteiger partial charge in [-0.15, -0.1) is 11.6 Å². The monoisotopic (exact) mass is 205 g/mol. The maximum Gasteiger partial charge on any atom is 0.0620 e. The fraction of sp³-hybridized carbons (Fsp3) is 1.00. The zero-order chi connectivity index (χ0) is 9.68. The van der Waals surface area contributed by atoms with Crippen molar-refractivity contribution in [1.82, 2.24) is 5.32 Å². The summed E-state index contributed by atoms with van der Waals surface area (Å²) in [6.07, 6.45) is 2.20. The van der Waals surface area contributed by atoms with E-state index >= 15 is 0 Å². The van der Waals surface area contributed by atoms with Crippen molar-refractivity contribution >= 4 is 11.6 Å². The van der Waals surface area contributed by atoms with Crippen LogP contribution in [0.5, 0.6) is 0 Å². The van der Waals surface area contributed by atoms with Gasteiger partial charge in [0, 0.05) is 24.6 Å². The molecule has 78 valence electrons. The van der Waals surface area contributed by atoms with Crippen LogP contribution in [-0.4, -0.2) is 31.2 Å². The second kappa shape index (κ2) is 5.84. The predicted molar refractivity (Wildman–Crippen MR) is 56.3 cm³/mol. The molecule has 0 aliphatic carbocycles. The second-order valence-electron chi connectivity index (χ2n) is 4.06. The third-order valence-corrected chi connectivity index (χ3v) is 2.82. The van der Waals surface area contributed by atoms with Crippen LogP contribution in [-0.2, 0) is 4.74 Å². The van der Waals surface area contributed by atoms with Crippen molar-refractivity contribution < 1.29 is 4.74 Å². The van der Waals surface area contributed by atoms with E-state index in [1.165, 1.54) is 0 Å². The lowest BCUT2D eigenvalue weighted by Crippen LogP contribution is -2.42. The van der Waals surface area contributed by atoms with Gasteiger partial charge in [-0.2, -0.15) is 0 Å². The van der Waals surface area contributed by atoms with E-state index in [2.05, 4.69) is 19.2 Å². The first-order valence-electron chi connectivity index (χ1n) is 5.13. The Labute approximate surface area is 86.0 Å². The first-order chi connectivity index (χ1) is 6.24. The van der Waals surface area contributed by atoms with Crippen molar-refractivity contribution in [3.63, 3.8) is 0 Å². The maximum absolute atomic E-state index is 5.75. The van der Waals surface area contributed by atoms with E-state index in [1.54, 1.807) is 0 Å². The van der Waals surface area contributed by atoms with Crippen LogP contribution >= 0.6 is 11.6 Å². The highest BCUT2D eigenvalue weighted by Gasteiger charge is 2.20. The number of hydrogen-bond donors (Lipinski definition) is 1. The number of alkyl halides is 1. The van der Waals surface area contributed by atoms with E-state index in [4.69, 9.17) is 16.3 Å². The van der Waals surface area contributed by atoms with Crippen LogP contribution in [0, 0.1) is 5.92 Å². The summed E-state index contributed by atoms with van der Waals surface area (Å²) in [5.41, 5.74) is 0. The predicted octanol–water partition coefficient (Wildman–Crippen LogP) is 2.02. The Morgan fingerprint density at radius 3 is 2.77 bits per heavy atom. The molecule has 3 heteroatoms. The zero-order valence-corrected chi connectivity index (χ0v) is 9.31. The quantitative estimate of drug-likeness (QED) is 0.694. The Balaban J connectivity index is 2.27. The third-order valence-electron chi connectivity index (χ3n) is 2.60. The lowest BCUT2D eigenvalue weighted by Gasteiger charge is -2.24. The van der Waals surface area contributed by atoms with Crippen LogP contribution in [0.1, 0.15) is 26.7 Å². The van der Waals surface area contributed by atoms with E-state index in [-0.39, 0.29) is 0 Å². The molecular weight excluding hydrogens is 186 g/mol. The molecule has 1 heterocycles. The van der Waals surface area contributed by atoms with E-state index in [0.29, 0.717) is 18.0 Å². The van der Waals surface area contributed by atoms with Crippen molar-refractivity contribution in [2.75, 3.05) is 19.1 Å². The molecule has 1 aliphatic rings. The maximum atomic E-state index is 5.75. The van der Waals surface area contributed by atoms with Gasteiger partial charge in [-0.25, -0.2) is 0 Å². The number of nitrogens with one attached hydrogen (secondary N) is 1. The molecule has 1 N–H and O–H groups in total. The molecule has 1 rings (SSSR count). The zero-order valence-electron chi connectivity index (χ0n) is 8.55. The number of ether oxygens (including phenoxy) is 1. The van der Waals surface area contributed by atoms with E-state index in [1.807, 2.05) is 0 Å².